The Morgan fingerprint density at radius 2 is 1.91 bits per heavy atom. The molecule has 1 aliphatic heterocycles. The Labute approximate surface area is 207 Å². The molecule has 1 atom stereocenters. The smallest absolute Gasteiger partial charge is 0.273 e. The number of aromatic nitrogens is 2. The summed E-state index contributed by atoms with van der Waals surface area (Å²) in [5.74, 6) is -1.09. The minimum Gasteiger partial charge on any atom is -0.350 e. The molecule has 35 heavy (non-hydrogen) atoms. The van der Waals surface area contributed by atoms with Gasteiger partial charge in [-0.25, -0.2) is 4.39 Å². The highest BCUT2D eigenvalue weighted by Gasteiger charge is 2.48. The van der Waals surface area contributed by atoms with Crippen LogP contribution in [-0.2, 0) is 24.4 Å². The summed E-state index contributed by atoms with van der Waals surface area (Å²) in [5.41, 5.74) is 2.23. The van der Waals surface area contributed by atoms with Crippen LogP contribution in [0.25, 0.3) is 10.6 Å². The van der Waals surface area contributed by atoms with Gasteiger partial charge < -0.3 is 10.2 Å². The highest BCUT2D eigenvalue weighted by Crippen LogP contribution is 2.33. The maximum absolute atomic E-state index is 14.6. The van der Waals surface area contributed by atoms with Crippen LogP contribution >= 0.6 is 11.3 Å². The lowest BCUT2D eigenvalue weighted by Gasteiger charge is -2.43. The second kappa shape index (κ2) is 9.11. The summed E-state index contributed by atoms with van der Waals surface area (Å²) in [7, 11) is 0. The van der Waals surface area contributed by atoms with Crippen LogP contribution in [0.5, 0.6) is 0 Å². The van der Waals surface area contributed by atoms with Crippen LogP contribution in [0.1, 0.15) is 34.1 Å². The van der Waals surface area contributed by atoms with Crippen molar-refractivity contribution in [1.82, 2.24) is 20.0 Å². The van der Waals surface area contributed by atoms with E-state index < -0.39 is 11.4 Å². The molecule has 0 aliphatic carbocycles. The van der Waals surface area contributed by atoms with E-state index in [0.717, 1.165) is 16.0 Å². The van der Waals surface area contributed by atoms with Gasteiger partial charge in [0.2, 0.25) is 5.91 Å². The average molecular weight is 489 g/mol. The summed E-state index contributed by atoms with van der Waals surface area (Å²) < 4.78 is 16.2. The first kappa shape index (κ1) is 23.0. The number of hydrogen-bond acceptors (Lipinski definition) is 4. The van der Waals surface area contributed by atoms with Gasteiger partial charge in [0, 0.05) is 12.1 Å². The second-order valence-electron chi connectivity index (χ2n) is 8.97. The Morgan fingerprint density at radius 3 is 2.63 bits per heavy atom. The van der Waals surface area contributed by atoms with E-state index in [9.17, 15) is 14.0 Å². The molecule has 2 aromatic heterocycles. The zero-order chi connectivity index (χ0) is 24.6. The molecule has 5 rings (SSSR count). The van der Waals surface area contributed by atoms with Gasteiger partial charge in [0.1, 0.15) is 22.7 Å². The van der Waals surface area contributed by atoms with Gasteiger partial charge in [0.15, 0.2) is 0 Å². The van der Waals surface area contributed by atoms with Gasteiger partial charge >= 0.3 is 0 Å². The first-order valence-corrected chi connectivity index (χ1v) is 12.2. The van der Waals surface area contributed by atoms with Crippen LogP contribution in [0.4, 0.5) is 4.39 Å². The molecule has 0 spiro atoms. The fraction of sp³-hybridized carbons (Fsp3) is 0.222. The molecular weight excluding hydrogens is 463 g/mol. The third kappa shape index (κ3) is 4.37. The summed E-state index contributed by atoms with van der Waals surface area (Å²) >= 11 is 1.53. The van der Waals surface area contributed by atoms with Crippen molar-refractivity contribution >= 4 is 23.2 Å². The SMILES string of the molecule is Cc1ccc(CNC(=O)[C@]2(C)Cn3nc(-c4cccs4)cc3C(=O)N2Cc2ccccc2F)cc1. The fourth-order valence-corrected chi connectivity index (χ4v) is 4.99. The van der Waals surface area contributed by atoms with Gasteiger partial charge in [0.25, 0.3) is 5.91 Å². The molecule has 8 heteroatoms. The molecule has 0 saturated carbocycles. The molecule has 2 aromatic carbocycles. The number of rotatable bonds is 6. The molecule has 4 aromatic rings. The molecule has 0 bridgehead atoms. The highest BCUT2D eigenvalue weighted by molar-refractivity contribution is 7.13. The monoisotopic (exact) mass is 488 g/mol. The number of benzene rings is 2. The van der Waals surface area contributed by atoms with Crippen LogP contribution < -0.4 is 5.32 Å². The highest BCUT2D eigenvalue weighted by atomic mass is 32.1. The van der Waals surface area contributed by atoms with Crippen molar-refractivity contribution in [2.24, 2.45) is 0 Å². The van der Waals surface area contributed by atoms with Crippen molar-refractivity contribution < 1.29 is 14.0 Å². The lowest BCUT2D eigenvalue weighted by Crippen LogP contribution is -2.63. The normalized spacial score (nSPS) is 17.3. The first-order chi connectivity index (χ1) is 16.8. The van der Waals surface area contributed by atoms with Gasteiger partial charge in [-0.15, -0.1) is 11.3 Å². The summed E-state index contributed by atoms with van der Waals surface area (Å²) in [6, 6.07) is 19.8. The molecule has 178 valence electrons. The third-order valence-electron chi connectivity index (χ3n) is 6.42. The van der Waals surface area contributed by atoms with E-state index in [2.05, 4.69) is 10.4 Å². The Hall–Kier alpha value is -3.78. The van der Waals surface area contributed by atoms with E-state index in [4.69, 9.17) is 0 Å². The number of fused-ring (bicyclic) bond motifs is 1. The number of nitrogens with zero attached hydrogens (tertiary/aromatic N) is 3. The van der Waals surface area contributed by atoms with Crippen LogP contribution in [0.15, 0.2) is 72.1 Å². The maximum atomic E-state index is 14.6. The summed E-state index contributed by atoms with van der Waals surface area (Å²) in [4.78, 5) is 29.7. The Kier molecular flexibility index (Phi) is 5.98. The predicted octanol–water partition coefficient (Wildman–Crippen LogP) is 4.79. The largest absolute Gasteiger partial charge is 0.350 e. The lowest BCUT2D eigenvalue weighted by atomic mass is 9.94. The summed E-state index contributed by atoms with van der Waals surface area (Å²) in [5, 5.41) is 9.56. The number of thiophene rings is 1. The van der Waals surface area contributed by atoms with Gasteiger partial charge in [-0.3, -0.25) is 14.3 Å². The Bertz CT molecular complexity index is 1380. The van der Waals surface area contributed by atoms with E-state index in [1.807, 2.05) is 48.7 Å². The number of halogens is 1. The predicted molar refractivity (Wildman–Crippen MR) is 133 cm³/mol. The standard InChI is InChI=1S/C27H25FN4O2S/c1-18-9-11-19(12-10-18)15-29-26(34)27(2)17-32-23(14-22(30-32)24-8-5-13-35-24)25(33)31(27)16-20-6-3-4-7-21(20)28/h3-14H,15-17H2,1-2H3,(H,29,34)/t27-/m0/s1. The molecule has 3 heterocycles. The van der Waals surface area contributed by atoms with E-state index >= 15 is 0 Å². The molecule has 1 N–H and O–H groups in total. The topological polar surface area (TPSA) is 67.2 Å². The van der Waals surface area contributed by atoms with Gasteiger partial charge in [-0.05, 0) is 43.0 Å². The molecule has 1 aliphatic rings. The zero-order valence-electron chi connectivity index (χ0n) is 19.5. The number of carbonyl (C=O) groups is 2. The van der Waals surface area contributed by atoms with Crippen LogP contribution in [0, 0.1) is 12.7 Å². The summed E-state index contributed by atoms with van der Waals surface area (Å²) in [6.07, 6.45) is 0. The van der Waals surface area contributed by atoms with Crippen LogP contribution in [0.3, 0.4) is 0 Å². The quantitative estimate of drug-likeness (QED) is 0.424. The number of nitrogens with one attached hydrogen (secondary N) is 1. The number of hydrogen-bond donors (Lipinski definition) is 1. The minimum atomic E-state index is -1.27. The third-order valence-corrected chi connectivity index (χ3v) is 7.31. The van der Waals surface area contributed by atoms with Gasteiger partial charge in [-0.2, -0.15) is 5.10 Å². The Morgan fingerprint density at radius 1 is 1.14 bits per heavy atom. The minimum absolute atomic E-state index is 0.0283. The van der Waals surface area contributed by atoms with Gasteiger partial charge in [-0.1, -0.05) is 54.1 Å². The van der Waals surface area contributed by atoms with Crippen molar-refractivity contribution in [2.75, 3.05) is 0 Å². The van der Waals surface area contributed by atoms with Gasteiger partial charge in [0.05, 0.1) is 18.0 Å². The molecule has 0 radical (unpaired) electrons. The maximum Gasteiger partial charge on any atom is 0.273 e. The molecule has 2 amide bonds. The fourth-order valence-electron chi connectivity index (χ4n) is 4.31. The second-order valence-corrected chi connectivity index (χ2v) is 9.92. The Balaban J connectivity index is 1.49. The molecule has 0 unspecified atom stereocenters. The number of aryl methyl sites for hydroxylation is 1. The van der Waals surface area contributed by atoms with E-state index in [1.165, 1.54) is 22.3 Å². The first-order valence-electron chi connectivity index (χ1n) is 11.4. The van der Waals surface area contributed by atoms with Crippen LogP contribution in [0.2, 0.25) is 0 Å². The number of carbonyl (C=O) groups excluding carboxylic acids is 2. The molecule has 6 nitrogen and oxygen atoms in total. The van der Waals surface area contributed by atoms with Crippen LogP contribution in [-0.4, -0.2) is 32.0 Å². The molecule has 0 saturated heterocycles. The van der Waals surface area contributed by atoms with E-state index in [0.29, 0.717) is 23.5 Å². The van der Waals surface area contributed by atoms with Crippen molar-refractivity contribution in [3.8, 4) is 10.6 Å². The molecule has 0 fully saturated rings. The number of amides is 2. The average Bonchev–Trinajstić information content (AvgIpc) is 3.52. The molecular formula is C27H25FN4O2S. The van der Waals surface area contributed by atoms with E-state index in [-0.39, 0.29) is 24.9 Å². The van der Waals surface area contributed by atoms with E-state index in [1.54, 1.807) is 35.9 Å². The summed E-state index contributed by atoms with van der Waals surface area (Å²) in [6.45, 7) is 4.17. The lowest BCUT2D eigenvalue weighted by molar-refractivity contribution is -0.133. The zero-order valence-corrected chi connectivity index (χ0v) is 20.3. The van der Waals surface area contributed by atoms with Crippen molar-refractivity contribution in [1.29, 1.82) is 0 Å². The van der Waals surface area contributed by atoms with Crippen molar-refractivity contribution in [3.63, 3.8) is 0 Å². The van der Waals surface area contributed by atoms with Crippen molar-refractivity contribution in [2.45, 2.75) is 39.0 Å². The van der Waals surface area contributed by atoms with Crippen molar-refractivity contribution in [3.05, 3.63) is 100 Å².